The van der Waals surface area contributed by atoms with E-state index < -0.39 is 0 Å². The van der Waals surface area contributed by atoms with Crippen molar-refractivity contribution in [2.75, 3.05) is 6.61 Å². The normalized spacial score (nSPS) is 25.4. The van der Waals surface area contributed by atoms with Gasteiger partial charge in [0.2, 0.25) is 0 Å². The Morgan fingerprint density at radius 2 is 1.50 bits per heavy atom. The monoisotopic (exact) mass is 280 g/mol. The maximum Gasteiger partial charge on any atom is 0.0592 e. The van der Waals surface area contributed by atoms with Crippen LogP contribution in [0.15, 0.2) is 48.5 Å². The summed E-state index contributed by atoms with van der Waals surface area (Å²) in [5.74, 6) is 0.446. The largest absolute Gasteiger partial charge is 0.379 e. The molecule has 1 aliphatic carbocycles. The van der Waals surface area contributed by atoms with Gasteiger partial charge in [-0.05, 0) is 41.5 Å². The molecule has 4 rings (SSSR count). The first kappa shape index (κ1) is 12.4. The summed E-state index contributed by atoms with van der Waals surface area (Å²) in [6, 6.07) is 17.8. The average molecular weight is 280 g/mol. The number of ether oxygens (including phenoxy) is 1. The topological polar surface area (TPSA) is 9.23 Å². The number of benzene rings is 2. The van der Waals surface area contributed by atoms with E-state index in [1.165, 1.54) is 41.5 Å². The molecular weight excluding hydrogens is 260 g/mol. The molecule has 1 atom stereocenters. The lowest BCUT2D eigenvalue weighted by atomic mass is 9.86. The second-order valence-corrected chi connectivity index (χ2v) is 7.92. The fourth-order valence-electron chi connectivity index (χ4n) is 4.00. The van der Waals surface area contributed by atoms with Gasteiger partial charge < -0.3 is 4.74 Å². The van der Waals surface area contributed by atoms with Gasteiger partial charge in [-0.3, -0.25) is 0 Å². The highest BCUT2D eigenvalue weighted by molar-refractivity contribution is 6.16. The van der Waals surface area contributed by atoms with Gasteiger partial charge >= 0.3 is 0 Å². The van der Waals surface area contributed by atoms with Gasteiger partial charge in [-0.25, -0.2) is 0 Å². The third-order valence-electron chi connectivity index (χ3n) is 4.94. The van der Waals surface area contributed by atoms with Crippen molar-refractivity contribution in [3.63, 3.8) is 0 Å². The minimum atomic E-state index is 0.0843. The minimum Gasteiger partial charge on any atom is -0.379 e. The van der Waals surface area contributed by atoms with Crippen LogP contribution in [0.25, 0.3) is 11.1 Å². The molecule has 2 aliphatic rings. The third kappa shape index (κ3) is 1.71. The van der Waals surface area contributed by atoms with Gasteiger partial charge in [0.25, 0.3) is 0 Å². The Morgan fingerprint density at radius 3 is 2.05 bits per heavy atom. The van der Waals surface area contributed by atoms with Gasteiger partial charge in [0, 0.05) is 22.8 Å². The van der Waals surface area contributed by atoms with Crippen LogP contribution in [0.1, 0.15) is 36.3 Å². The van der Waals surface area contributed by atoms with Gasteiger partial charge in [0.1, 0.15) is 0 Å². The summed E-state index contributed by atoms with van der Waals surface area (Å²) in [6.07, 6.45) is 3.75. The Morgan fingerprint density at radius 1 is 0.900 bits per heavy atom. The van der Waals surface area contributed by atoms with Gasteiger partial charge in [-0.1, -0.05) is 48.5 Å². The number of rotatable bonds is 1. The van der Waals surface area contributed by atoms with E-state index in [1.54, 1.807) is 0 Å². The van der Waals surface area contributed by atoms with E-state index in [0.29, 0.717) is 5.92 Å². The fourth-order valence-corrected chi connectivity index (χ4v) is 5.18. The zero-order chi connectivity index (χ0) is 13.6. The first-order valence-electron chi connectivity index (χ1n) is 7.62. The molecule has 2 aromatic carbocycles. The molecule has 1 fully saturated rings. The first-order valence-corrected chi connectivity index (χ1v) is 8.62. The zero-order valence-corrected chi connectivity index (χ0v) is 13.9. The lowest BCUT2D eigenvalue weighted by Gasteiger charge is -2.40. The highest BCUT2D eigenvalue weighted by Gasteiger charge is 2.43. The predicted octanol–water partition coefficient (Wildman–Crippen LogP) is 3.06. The van der Waals surface area contributed by atoms with E-state index in [4.69, 9.17) is 4.74 Å². The van der Waals surface area contributed by atoms with Crippen molar-refractivity contribution in [3.05, 3.63) is 59.7 Å². The Hall–Kier alpha value is -1.38. The number of hydrogen-bond acceptors (Lipinski definition) is 1. The highest BCUT2D eigenvalue weighted by atomic mass is 28.1. The molecule has 0 N–H and O–H groups in total. The fraction of sp³-hybridized carbons (Fsp3) is 0.333. The maximum atomic E-state index is 6.32. The summed E-state index contributed by atoms with van der Waals surface area (Å²) >= 11 is 0. The van der Waals surface area contributed by atoms with Crippen molar-refractivity contribution in [2.45, 2.75) is 30.4 Å². The lowest BCUT2D eigenvalue weighted by Crippen LogP contribution is -2.42. The molecule has 0 spiro atoms. The SMILES string of the molecule is [SiH3]C1(C2c3ccccc3-c3ccccc32)CCCCO1. The van der Waals surface area contributed by atoms with Crippen LogP contribution >= 0.6 is 0 Å². The maximum absolute atomic E-state index is 6.32. The van der Waals surface area contributed by atoms with E-state index in [1.807, 2.05) is 0 Å². The molecule has 0 bridgehead atoms. The minimum absolute atomic E-state index is 0.0843. The Labute approximate surface area is 123 Å². The average Bonchev–Trinajstić information content (AvgIpc) is 2.83. The summed E-state index contributed by atoms with van der Waals surface area (Å²) in [6.45, 7) is 0.935. The van der Waals surface area contributed by atoms with Crippen molar-refractivity contribution in [2.24, 2.45) is 0 Å². The Balaban J connectivity index is 1.91. The van der Waals surface area contributed by atoms with Gasteiger partial charge in [0.15, 0.2) is 0 Å². The van der Waals surface area contributed by atoms with E-state index in [-0.39, 0.29) is 5.22 Å². The molecule has 2 aromatic rings. The summed E-state index contributed by atoms with van der Waals surface area (Å²) in [5.41, 5.74) is 5.78. The quantitative estimate of drug-likeness (QED) is 0.730. The van der Waals surface area contributed by atoms with E-state index >= 15 is 0 Å². The molecule has 1 nitrogen and oxygen atoms in total. The summed E-state index contributed by atoms with van der Waals surface area (Å²) in [4.78, 5) is 0. The van der Waals surface area contributed by atoms with Crippen LogP contribution in [0, 0.1) is 0 Å². The molecule has 0 aromatic heterocycles. The third-order valence-corrected chi connectivity index (χ3v) is 6.31. The first-order chi connectivity index (χ1) is 9.80. The molecule has 0 saturated carbocycles. The van der Waals surface area contributed by atoms with Crippen LogP contribution in [0.2, 0.25) is 0 Å². The van der Waals surface area contributed by atoms with Gasteiger partial charge in [-0.2, -0.15) is 0 Å². The summed E-state index contributed by atoms with van der Waals surface area (Å²) in [5, 5.41) is 0.0843. The molecular formula is C18H20OSi. The zero-order valence-electron chi connectivity index (χ0n) is 11.9. The van der Waals surface area contributed by atoms with E-state index in [0.717, 1.165) is 16.8 Å². The second-order valence-electron chi connectivity index (χ2n) is 6.23. The summed E-state index contributed by atoms with van der Waals surface area (Å²) in [7, 11) is 1.09. The van der Waals surface area contributed by atoms with Gasteiger partial charge in [-0.15, -0.1) is 0 Å². The molecule has 1 heterocycles. The Kier molecular flexibility index (Phi) is 2.83. The summed E-state index contributed by atoms with van der Waals surface area (Å²) < 4.78 is 6.32. The van der Waals surface area contributed by atoms with Crippen LogP contribution in [0.5, 0.6) is 0 Å². The van der Waals surface area contributed by atoms with Crippen LogP contribution < -0.4 is 0 Å². The second kappa shape index (κ2) is 4.57. The molecule has 1 unspecified atom stereocenters. The van der Waals surface area contributed by atoms with Crippen molar-refractivity contribution in [1.29, 1.82) is 0 Å². The predicted molar refractivity (Wildman–Crippen MR) is 86.2 cm³/mol. The van der Waals surface area contributed by atoms with Crippen molar-refractivity contribution in [1.82, 2.24) is 0 Å². The Bertz CT molecular complexity index is 598. The molecule has 102 valence electrons. The molecule has 1 aliphatic heterocycles. The molecule has 0 amide bonds. The molecule has 20 heavy (non-hydrogen) atoms. The number of fused-ring (bicyclic) bond motifs is 3. The van der Waals surface area contributed by atoms with Crippen molar-refractivity contribution in [3.8, 4) is 11.1 Å². The van der Waals surface area contributed by atoms with E-state index in [9.17, 15) is 0 Å². The molecule has 1 saturated heterocycles. The van der Waals surface area contributed by atoms with Crippen LogP contribution in [-0.2, 0) is 4.74 Å². The lowest BCUT2D eigenvalue weighted by molar-refractivity contribution is -0.0270. The van der Waals surface area contributed by atoms with Crippen LogP contribution in [0.3, 0.4) is 0 Å². The van der Waals surface area contributed by atoms with Gasteiger partial charge in [0.05, 0.1) is 5.22 Å². The highest BCUT2D eigenvalue weighted by Crippen LogP contribution is 2.51. The van der Waals surface area contributed by atoms with Crippen molar-refractivity contribution < 1.29 is 4.74 Å². The molecule has 0 radical (unpaired) electrons. The van der Waals surface area contributed by atoms with Crippen LogP contribution in [0.4, 0.5) is 0 Å². The molecule has 2 heteroatoms. The standard InChI is InChI=1S/C18H20OSi/c20-18(11-5-6-12-19-18)17-15-9-3-1-7-13(15)14-8-2-4-10-16(14)17/h1-4,7-10,17H,5-6,11-12H2,20H3. The van der Waals surface area contributed by atoms with Crippen LogP contribution in [-0.4, -0.2) is 22.1 Å². The van der Waals surface area contributed by atoms with Crippen molar-refractivity contribution >= 4 is 10.2 Å². The smallest absolute Gasteiger partial charge is 0.0592 e. The van der Waals surface area contributed by atoms with E-state index in [2.05, 4.69) is 48.5 Å². The number of hydrogen-bond donors (Lipinski definition) is 0.